The Balaban J connectivity index is 2.34. The van der Waals surface area contributed by atoms with Crippen molar-refractivity contribution in [1.82, 2.24) is 0 Å². The second-order valence-electron chi connectivity index (χ2n) is 4.80. The van der Waals surface area contributed by atoms with Crippen LogP contribution in [-0.4, -0.2) is 31.6 Å². The van der Waals surface area contributed by atoms with Crippen LogP contribution in [0.4, 0.5) is 0 Å². The Labute approximate surface area is 107 Å². The number of Topliss-reactive ketones (excluding diaryl/α,β-unsaturated/α-hetero) is 1. The van der Waals surface area contributed by atoms with Gasteiger partial charge in [0.15, 0.2) is 5.78 Å². The molecule has 1 aromatic rings. The molecule has 2 unspecified atom stereocenters. The standard InChI is InChI=1S/C14H19NO3/c1-3-18-11-7-5-4-6-10(11)13(16)14(2)9-17-8-12(14)15/h4-7,12H,3,8-9,15H2,1-2H3. The smallest absolute Gasteiger partial charge is 0.176 e. The van der Waals surface area contributed by atoms with E-state index in [2.05, 4.69) is 0 Å². The van der Waals surface area contributed by atoms with Crippen LogP contribution in [0.5, 0.6) is 5.75 Å². The third kappa shape index (κ3) is 2.13. The van der Waals surface area contributed by atoms with Crippen molar-refractivity contribution in [3.05, 3.63) is 29.8 Å². The van der Waals surface area contributed by atoms with Gasteiger partial charge in [-0.15, -0.1) is 0 Å². The van der Waals surface area contributed by atoms with Crippen molar-refractivity contribution in [2.45, 2.75) is 19.9 Å². The Kier molecular flexibility index (Phi) is 3.68. The molecular weight excluding hydrogens is 230 g/mol. The van der Waals surface area contributed by atoms with Gasteiger partial charge in [0.05, 0.1) is 30.8 Å². The molecular formula is C14H19NO3. The molecule has 0 aliphatic carbocycles. The van der Waals surface area contributed by atoms with Gasteiger partial charge in [0, 0.05) is 6.04 Å². The van der Waals surface area contributed by atoms with Crippen LogP contribution in [0.15, 0.2) is 24.3 Å². The molecule has 4 heteroatoms. The molecule has 0 bridgehead atoms. The molecule has 4 nitrogen and oxygen atoms in total. The van der Waals surface area contributed by atoms with Gasteiger partial charge >= 0.3 is 0 Å². The van der Waals surface area contributed by atoms with Crippen molar-refractivity contribution < 1.29 is 14.3 Å². The summed E-state index contributed by atoms with van der Waals surface area (Å²) in [6.45, 7) is 5.08. The van der Waals surface area contributed by atoms with Crippen molar-refractivity contribution in [3.8, 4) is 5.75 Å². The zero-order valence-corrected chi connectivity index (χ0v) is 10.8. The zero-order chi connectivity index (χ0) is 13.2. The van der Waals surface area contributed by atoms with E-state index in [0.717, 1.165) is 0 Å². The number of para-hydroxylation sites is 1. The average molecular weight is 249 g/mol. The maximum absolute atomic E-state index is 12.6. The quantitative estimate of drug-likeness (QED) is 0.824. The molecule has 0 spiro atoms. The predicted molar refractivity (Wildman–Crippen MR) is 68.8 cm³/mol. The number of rotatable bonds is 4. The summed E-state index contributed by atoms with van der Waals surface area (Å²) in [6, 6.07) is 7.01. The van der Waals surface area contributed by atoms with Crippen molar-refractivity contribution >= 4 is 5.78 Å². The minimum atomic E-state index is -0.660. The highest BCUT2D eigenvalue weighted by Crippen LogP contribution is 2.34. The minimum absolute atomic E-state index is 0.00319. The highest BCUT2D eigenvalue weighted by molar-refractivity contribution is 6.03. The molecule has 1 aliphatic heterocycles. The van der Waals surface area contributed by atoms with E-state index in [1.54, 1.807) is 12.1 Å². The summed E-state index contributed by atoms with van der Waals surface area (Å²) in [5.74, 6) is 0.613. The molecule has 18 heavy (non-hydrogen) atoms. The molecule has 0 aromatic heterocycles. The number of ether oxygens (including phenoxy) is 2. The molecule has 1 saturated heterocycles. The zero-order valence-electron chi connectivity index (χ0n) is 10.8. The lowest BCUT2D eigenvalue weighted by molar-refractivity contribution is 0.0764. The third-order valence-corrected chi connectivity index (χ3v) is 3.47. The lowest BCUT2D eigenvalue weighted by atomic mass is 9.78. The number of benzene rings is 1. The van der Waals surface area contributed by atoms with E-state index < -0.39 is 5.41 Å². The first-order chi connectivity index (χ1) is 8.59. The van der Waals surface area contributed by atoms with Gasteiger partial charge in [0.2, 0.25) is 0 Å². The van der Waals surface area contributed by atoms with E-state index in [-0.39, 0.29) is 11.8 Å². The van der Waals surface area contributed by atoms with E-state index >= 15 is 0 Å². The lowest BCUT2D eigenvalue weighted by Crippen LogP contribution is -2.44. The molecule has 2 N–H and O–H groups in total. The molecule has 98 valence electrons. The summed E-state index contributed by atoms with van der Waals surface area (Å²) in [6.07, 6.45) is 0. The number of carbonyl (C=O) groups is 1. The van der Waals surface area contributed by atoms with Crippen LogP contribution < -0.4 is 10.5 Å². The first kappa shape index (κ1) is 13.1. The number of carbonyl (C=O) groups excluding carboxylic acids is 1. The summed E-state index contributed by atoms with van der Waals surface area (Å²) in [5, 5.41) is 0. The van der Waals surface area contributed by atoms with Gasteiger partial charge in [-0.25, -0.2) is 0 Å². The van der Waals surface area contributed by atoms with Gasteiger partial charge in [0.25, 0.3) is 0 Å². The fourth-order valence-electron chi connectivity index (χ4n) is 2.17. The predicted octanol–water partition coefficient (Wildman–Crippen LogP) is 1.63. The van der Waals surface area contributed by atoms with E-state index in [9.17, 15) is 4.79 Å². The summed E-state index contributed by atoms with van der Waals surface area (Å²) >= 11 is 0. The lowest BCUT2D eigenvalue weighted by Gasteiger charge is -2.26. The van der Waals surface area contributed by atoms with Gasteiger partial charge in [-0.1, -0.05) is 12.1 Å². The van der Waals surface area contributed by atoms with E-state index in [0.29, 0.717) is 31.1 Å². The number of hydrogen-bond donors (Lipinski definition) is 1. The van der Waals surface area contributed by atoms with Crippen LogP contribution in [0.1, 0.15) is 24.2 Å². The van der Waals surface area contributed by atoms with Crippen molar-refractivity contribution in [2.24, 2.45) is 11.1 Å². The first-order valence-electron chi connectivity index (χ1n) is 6.19. The van der Waals surface area contributed by atoms with Gasteiger partial charge in [-0.3, -0.25) is 4.79 Å². The van der Waals surface area contributed by atoms with E-state index in [4.69, 9.17) is 15.2 Å². The van der Waals surface area contributed by atoms with Crippen molar-refractivity contribution in [1.29, 1.82) is 0 Å². The largest absolute Gasteiger partial charge is 0.493 e. The second-order valence-corrected chi connectivity index (χ2v) is 4.80. The highest BCUT2D eigenvalue weighted by atomic mass is 16.5. The molecule has 1 heterocycles. The Morgan fingerprint density at radius 3 is 2.89 bits per heavy atom. The molecule has 2 atom stereocenters. The van der Waals surface area contributed by atoms with Gasteiger partial charge < -0.3 is 15.2 Å². The van der Waals surface area contributed by atoms with Gasteiger partial charge in [0.1, 0.15) is 5.75 Å². The maximum Gasteiger partial charge on any atom is 0.176 e. The SMILES string of the molecule is CCOc1ccccc1C(=O)C1(C)COCC1N. The molecule has 0 radical (unpaired) electrons. The van der Waals surface area contributed by atoms with Crippen LogP contribution in [0.2, 0.25) is 0 Å². The van der Waals surface area contributed by atoms with Crippen molar-refractivity contribution in [3.63, 3.8) is 0 Å². The van der Waals surface area contributed by atoms with Crippen LogP contribution in [0, 0.1) is 5.41 Å². The molecule has 1 fully saturated rings. The van der Waals surface area contributed by atoms with Crippen LogP contribution in [0.25, 0.3) is 0 Å². The van der Waals surface area contributed by atoms with Crippen LogP contribution in [-0.2, 0) is 4.74 Å². The maximum atomic E-state index is 12.6. The highest BCUT2D eigenvalue weighted by Gasteiger charge is 2.45. The fourth-order valence-corrected chi connectivity index (χ4v) is 2.17. The third-order valence-electron chi connectivity index (χ3n) is 3.47. The normalized spacial score (nSPS) is 27.2. The average Bonchev–Trinajstić information content (AvgIpc) is 2.71. The van der Waals surface area contributed by atoms with E-state index in [1.807, 2.05) is 26.0 Å². The molecule has 2 rings (SSSR count). The minimum Gasteiger partial charge on any atom is -0.493 e. The Bertz CT molecular complexity index is 446. The summed E-state index contributed by atoms with van der Waals surface area (Å²) < 4.78 is 10.8. The summed E-state index contributed by atoms with van der Waals surface area (Å²) in [4.78, 5) is 12.6. The number of nitrogens with two attached hydrogens (primary N) is 1. The van der Waals surface area contributed by atoms with Gasteiger partial charge in [-0.2, -0.15) is 0 Å². The Hall–Kier alpha value is -1.39. The molecule has 1 aliphatic rings. The first-order valence-corrected chi connectivity index (χ1v) is 6.19. The Morgan fingerprint density at radius 2 is 2.28 bits per heavy atom. The summed E-state index contributed by atoms with van der Waals surface area (Å²) in [5.41, 5.74) is 5.92. The Morgan fingerprint density at radius 1 is 1.56 bits per heavy atom. The molecule has 1 aromatic carbocycles. The molecule has 0 amide bonds. The number of hydrogen-bond acceptors (Lipinski definition) is 4. The molecule has 0 saturated carbocycles. The second kappa shape index (κ2) is 5.08. The number of ketones is 1. The van der Waals surface area contributed by atoms with E-state index in [1.165, 1.54) is 0 Å². The fraction of sp³-hybridized carbons (Fsp3) is 0.500. The van der Waals surface area contributed by atoms with Gasteiger partial charge in [-0.05, 0) is 26.0 Å². The van der Waals surface area contributed by atoms with Crippen LogP contribution >= 0.6 is 0 Å². The summed E-state index contributed by atoms with van der Waals surface area (Å²) in [7, 11) is 0. The van der Waals surface area contributed by atoms with Crippen molar-refractivity contribution in [2.75, 3.05) is 19.8 Å². The topological polar surface area (TPSA) is 61.5 Å². The van der Waals surface area contributed by atoms with Crippen LogP contribution in [0.3, 0.4) is 0 Å². The monoisotopic (exact) mass is 249 g/mol.